The van der Waals surface area contributed by atoms with E-state index in [0.717, 1.165) is 29.8 Å². The van der Waals surface area contributed by atoms with Crippen molar-refractivity contribution in [3.63, 3.8) is 0 Å². The summed E-state index contributed by atoms with van der Waals surface area (Å²) in [6.07, 6.45) is 5.88. The molecule has 1 aromatic carbocycles. The Morgan fingerprint density at radius 1 is 1.35 bits per heavy atom. The number of aliphatic hydroxyl groups is 1. The highest BCUT2D eigenvalue weighted by Crippen LogP contribution is 2.62. The second kappa shape index (κ2) is 5.77. The minimum absolute atomic E-state index is 0.129. The van der Waals surface area contributed by atoms with Gasteiger partial charge < -0.3 is 9.84 Å². The van der Waals surface area contributed by atoms with Gasteiger partial charge in [0.1, 0.15) is 5.75 Å². The van der Waals surface area contributed by atoms with Crippen LogP contribution in [0.25, 0.3) is 0 Å². The molecule has 0 saturated heterocycles. The lowest BCUT2D eigenvalue weighted by molar-refractivity contribution is -0.0304. The van der Waals surface area contributed by atoms with Crippen molar-refractivity contribution in [3.8, 4) is 5.75 Å². The summed E-state index contributed by atoms with van der Waals surface area (Å²) >= 11 is 3.63. The van der Waals surface area contributed by atoms with Crippen molar-refractivity contribution in [2.45, 2.75) is 51.0 Å². The molecule has 0 aromatic heterocycles. The van der Waals surface area contributed by atoms with Gasteiger partial charge in [-0.15, -0.1) is 0 Å². The van der Waals surface area contributed by atoms with Crippen molar-refractivity contribution >= 4 is 15.9 Å². The molecule has 23 heavy (non-hydrogen) atoms. The summed E-state index contributed by atoms with van der Waals surface area (Å²) in [5, 5.41) is 11.8. The first-order valence-corrected chi connectivity index (χ1v) is 10.1. The highest BCUT2D eigenvalue weighted by molar-refractivity contribution is 9.09. The van der Waals surface area contributed by atoms with Crippen molar-refractivity contribution < 1.29 is 9.84 Å². The zero-order valence-corrected chi connectivity index (χ0v) is 15.7. The third kappa shape index (κ3) is 2.30. The number of benzene rings is 1. The van der Waals surface area contributed by atoms with Gasteiger partial charge in [-0.1, -0.05) is 28.9 Å². The Balaban J connectivity index is 1.67. The van der Waals surface area contributed by atoms with Gasteiger partial charge >= 0.3 is 0 Å². The molecule has 0 amide bonds. The largest absolute Gasteiger partial charge is 0.497 e. The van der Waals surface area contributed by atoms with Gasteiger partial charge in [0.25, 0.3) is 0 Å². The van der Waals surface area contributed by atoms with E-state index in [0.29, 0.717) is 17.8 Å². The Hall–Kier alpha value is -0.540. The second-order valence-corrected chi connectivity index (χ2v) is 8.77. The van der Waals surface area contributed by atoms with E-state index in [1.54, 1.807) is 12.7 Å². The molecule has 0 radical (unpaired) electrons. The van der Waals surface area contributed by atoms with Crippen LogP contribution >= 0.6 is 15.9 Å². The number of ether oxygens (including phenoxy) is 1. The first-order valence-electron chi connectivity index (χ1n) is 8.99. The molecule has 1 aromatic rings. The summed E-state index contributed by atoms with van der Waals surface area (Å²) in [6.45, 7) is 2.35. The maximum absolute atomic E-state index is 10.9. The summed E-state index contributed by atoms with van der Waals surface area (Å²) in [5.74, 6) is 3.52. The van der Waals surface area contributed by atoms with E-state index >= 15 is 0 Å². The molecule has 1 N–H and O–H groups in total. The van der Waals surface area contributed by atoms with Crippen LogP contribution in [0.4, 0.5) is 0 Å². The number of hydrogen-bond acceptors (Lipinski definition) is 2. The smallest absolute Gasteiger partial charge is 0.119 e. The molecule has 2 fully saturated rings. The van der Waals surface area contributed by atoms with E-state index in [1.807, 2.05) is 0 Å². The Morgan fingerprint density at radius 2 is 2.17 bits per heavy atom. The van der Waals surface area contributed by atoms with Gasteiger partial charge in [-0.2, -0.15) is 0 Å². The number of alkyl halides is 1. The lowest BCUT2D eigenvalue weighted by atomic mass is 9.55. The van der Waals surface area contributed by atoms with Crippen molar-refractivity contribution in [1.82, 2.24) is 0 Å². The number of fused-ring (bicyclic) bond motifs is 5. The average Bonchev–Trinajstić information content (AvgIpc) is 2.85. The van der Waals surface area contributed by atoms with E-state index in [2.05, 4.69) is 41.1 Å². The van der Waals surface area contributed by atoms with Crippen LogP contribution in [-0.4, -0.2) is 23.7 Å². The third-order valence-corrected chi connectivity index (χ3v) is 8.08. The number of aryl methyl sites for hydroxylation is 1. The number of hydrogen-bond donors (Lipinski definition) is 1. The maximum Gasteiger partial charge on any atom is 0.119 e. The summed E-state index contributed by atoms with van der Waals surface area (Å²) < 4.78 is 5.41. The fraction of sp³-hybridized carbons (Fsp3) is 0.700. The van der Waals surface area contributed by atoms with Crippen LogP contribution in [0, 0.1) is 23.2 Å². The Kier molecular flexibility index (Phi) is 4.00. The predicted octanol–water partition coefficient (Wildman–Crippen LogP) is 4.53. The van der Waals surface area contributed by atoms with E-state index in [1.165, 1.54) is 24.8 Å². The van der Waals surface area contributed by atoms with E-state index in [9.17, 15) is 5.11 Å². The van der Waals surface area contributed by atoms with Crippen LogP contribution in [0.5, 0.6) is 5.75 Å². The van der Waals surface area contributed by atoms with Crippen molar-refractivity contribution in [1.29, 1.82) is 0 Å². The van der Waals surface area contributed by atoms with Crippen LogP contribution in [0.2, 0.25) is 0 Å². The lowest BCUT2D eigenvalue weighted by Crippen LogP contribution is -2.44. The molecular weight excluding hydrogens is 352 g/mol. The maximum atomic E-state index is 10.9. The highest BCUT2D eigenvalue weighted by atomic mass is 79.9. The molecule has 6 atom stereocenters. The molecule has 3 aliphatic carbocycles. The molecule has 0 unspecified atom stereocenters. The van der Waals surface area contributed by atoms with E-state index in [4.69, 9.17) is 4.74 Å². The van der Waals surface area contributed by atoms with Crippen LogP contribution in [0.15, 0.2) is 18.2 Å². The fourth-order valence-electron chi connectivity index (χ4n) is 5.99. The predicted molar refractivity (Wildman–Crippen MR) is 96.3 cm³/mol. The molecule has 0 heterocycles. The number of aliphatic hydroxyl groups excluding tert-OH is 1. The first kappa shape index (κ1) is 16.0. The third-order valence-electron chi connectivity index (χ3n) is 7.25. The van der Waals surface area contributed by atoms with Crippen LogP contribution in [-0.2, 0) is 6.42 Å². The summed E-state index contributed by atoms with van der Waals surface area (Å²) in [5.41, 5.74) is 3.18. The molecule has 0 bridgehead atoms. The summed E-state index contributed by atoms with van der Waals surface area (Å²) in [6, 6.07) is 6.67. The molecule has 2 nitrogen and oxygen atoms in total. The average molecular weight is 379 g/mol. The van der Waals surface area contributed by atoms with E-state index in [-0.39, 0.29) is 11.5 Å². The second-order valence-electron chi connectivity index (χ2n) is 8.12. The first-order chi connectivity index (χ1) is 11.1. The summed E-state index contributed by atoms with van der Waals surface area (Å²) in [4.78, 5) is 0. The molecule has 126 valence electrons. The standard InChI is InChI=1S/C20H27BrO2/c1-20-8-7-16-15-6-4-14(23-2)9-12(15)3-5-17(16)18(20)10-13(11-21)19(20)22/h4,6,9,13,16-19,22H,3,5,7-8,10-11H2,1-2H3/t13-,16-,17-,18+,19-,20-/m1/s1. The van der Waals surface area contributed by atoms with Gasteiger partial charge in [-0.05, 0) is 84.5 Å². The zero-order valence-electron chi connectivity index (χ0n) is 14.1. The molecule has 3 aliphatic rings. The van der Waals surface area contributed by atoms with Gasteiger partial charge in [-0.3, -0.25) is 0 Å². The number of methoxy groups -OCH3 is 1. The van der Waals surface area contributed by atoms with Gasteiger partial charge in [0.05, 0.1) is 13.2 Å². The molecule has 0 spiro atoms. The SMILES string of the molecule is COc1ccc2c(c1)CC[C@@H]1[C@@H]2CC[C@@]2(C)[C@H](O)[C@@H](CBr)C[C@@H]12. The molecular formula is C20H27BrO2. The monoisotopic (exact) mass is 378 g/mol. The van der Waals surface area contributed by atoms with Gasteiger partial charge in [0, 0.05) is 5.33 Å². The van der Waals surface area contributed by atoms with Crippen LogP contribution in [0.1, 0.15) is 49.7 Å². The lowest BCUT2D eigenvalue weighted by Gasteiger charge is -2.50. The minimum atomic E-state index is -0.134. The molecule has 2 saturated carbocycles. The molecule has 0 aliphatic heterocycles. The highest BCUT2D eigenvalue weighted by Gasteiger charge is 2.57. The van der Waals surface area contributed by atoms with Crippen molar-refractivity contribution in [3.05, 3.63) is 29.3 Å². The fourth-order valence-corrected chi connectivity index (χ4v) is 6.60. The van der Waals surface area contributed by atoms with Crippen molar-refractivity contribution in [2.24, 2.45) is 23.2 Å². The Morgan fingerprint density at radius 3 is 2.91 bits per heavy atom. The topological polar surface area (TPSA) is 29.5 Å². The van der Waals surface area contributed by atoms with E-state index < -0.39 is 0 Å². The number of halogens is 1. The normalized spacial score (nSPS) is 41.8. The van der Waals surface area contributed by atoms with Crippen LogP contribution in [0.3, 0.4) is 0 Å². The molecule has 3 heteroatoms. The van der Waals surface area contributed by atoms with Gasteiger partial charge in [0.15, 0.2) is 0 Å². The number of rotatable bonds is 2. The zero-order chi connectivity index (χ0) is 16.2. The Labute approximate surface area is 147 Å². The Bertz CT molecular complexity index is 601. The molecule has 4 rings (SSSR count). The van der Waals surface area contributed by atoms with Gasteiger partial charge in [0.2, 0.25) is 0 Å². The van der Waals surface area contributed by atoms with Crippen LogP contribution < -0.4 is 4.74 Å². The van der Waals surface area contributed by atoms with Gasteiger partial charge in [-0.25, -0.2) is 0 Å². The summed E-state index contributed by atoms with van der Waals surface area (Å²) in [7, 11) is 1.75. The minimum Gasteiger partial charge on any atom is -0.497 e. The quantitative estimate of drug-likeness (QED) is 0.765. The van der Waals surface area contributed by atoms with Crippen molar-refractivity contribution in [2.75, 3.05) is 12.4 Å².